The standard InChI is InChI=1S/C11H18N2O2/c1-9(8-12)11(15)13-6-3-2-4-10(13)5-7-14/h9-10,14H,2-7H2,1H3. The molecular weight excluding hydrogens is 192 g/mol. The van der Waals surface area contributed by atoms with E-state index in [9.17, 15) is 4.79 Å². The lowest BCUT2D eigenvalue weighted by atomic mass is 9.98. The summed E-state index contributed by atoms with van der Waals surface area (Å²) in [4.78, 5) is 13.6. The van der Waals surface area contributed by atoms with Crippen molar-refractivity contribution in [2.24, 2.45) is 5.92 Å². The summed E-state index contributed by atoms with van der Waals surface area (Å²) in [6, 6.07) is 2.10. The maximum absolute atomic E-state index is 11.8. The molecule has 84 valence electrons. The summed E-state index contributed by atoms with van der Waals surface area (Å²) in [5.74, 6) is -0.653. The first kappa shape index (κ1) is 12.0. The van der Waals surface area contributed by atoms with Crippen molar-refractivity contribution in [3.63, 3.8) is 0 Å². The van der Waals surface area contributed by atoms with Gasteiger partial charge in [-0.25, -0.2) is 0 Å². The molecule has 1 fully saturated rings. The molecule has 0 aromatic rings. The van der Waals surface area contributed by atoms with Gasteiger partial charge in [-0.1, -0.05) is 0 Å². The van der Waals surface area contributed by atoms with Gasteiger partial charge in [0.15, 0.2) is 0 Å². The molecule has 1 aliphatic heterocycles. The Morgan fingerprint density at radius 1 is 1.67 bits per heavy atom. The third-order valence-electron chi connectivity index (χ3n) is 2.94. The van der Waals surface area contributed by atoms with E-state index in [1.165, 1.54) is 0 Å². The van der Waals surface area contributed by atoms with Crippen LogP contribution in [0, 0.1) is 17.2 Å². The van der Waals surface area contributed by atoms with E-state index in [-0.39, 0.29) is 18.6 Å². The maximum atomic E-state index is 11.8. The largest absolute Gasteiger partial charge is 0.396 e. The quantitative estimate of drug-likeness (QED) is 0.753. The lowest BCUT2D eigenvalue weighted by Crippen LogP contribution is -2.46. The summed E-state index contributed by atoms with van der Waals surface area (Å²) in [6.07, 6.45) is 3.69. The van der Waals surface area contributed by atoms with Gasteiger partial charge in [0.2, 0.25) is 5.91 Å². The first-order valence-corrected chi connectivity index (χ1v) is 5.51. The van der Waals surface area contributed by atoms with Crippen LogP contribution in [-0.2, 0) is 4.79 Å². The van der Waals surface area contributed by atoms with E-state index in [4.69, 9.17) is 10.4 Å². The topological polar surface area (TPSA) is 64.3 Å². The molecule has 0 spiro atoms. The van der Waals surface area contributed by atoms with Gasteiger partial charge < -0.3 is 10.0 Å². The minimum atomic E-state index is -0.565. The van der Waals surface area contributed by atoms with Crippen molar-refractivity contribution in [3.8, 4) is 6.07 Å². The van der Waals surface area contributed by atoms with E-state index >= 15 is 0 Å². The fourth-order valence-electron chi connectivity index (χ4n) is 2.04. The lowest BCUT2D eigenvalue weighted by Gasteiger charge is -2.36. The van der Waals surface area contributed by atoms with E-state index in [2.05, 4.69) is 0 Å². The van der Waals surface area contributed by atoms with Crippen molar-refractivity contribution >= 4 is 5.91 Å². The molecule has 1 rings (SSSR count). The average Bonchev–Trinajstić information content (AvgIpc) is 2.28. The zero-order chi connectivity index (χ0) is 11.3. The molecule has 4 heteroatoms. The maximum Gasteiger partial charge on any atom is 0.239 e. The summed E-state index contributed by atoms with van der Waals surface area (Å²) < 4.78 is 0. The SMILES string of the molecule is CC(C#N)C(=O)N1CCCCC1CCO. The number of amides is 1. The number of rotatable bonds is 3. The molecule has 1 saturated heterocycles. The summed E-state index contributed by atoms with van der Waals surface area (Å²) >= 11 is 0. The third kappa shape index (κ3) is 2.93. The Morgan fingerprint density at radius 3 is 3.00 bits per heavy atom. The van der Waals surface area contributed by atoms with Gasteiger partial charge in [-0.05, 0) is 32.6 Å². The first-order chi connectivity index (χ1) is 7.20. The molecule has 1 N–H and O–H groups in total. The second-order valence-electron chi connectivity index (χ2n) is 4.04. The molecule has 0 aliphatic carbocycles. The Kier molecular flexibility index (Phi) is 4.57. The third-order valence-corrected chi connectivity index (χ3v) is 2.94. The van der Waals surface area contributed by atoms with Crippen LogP contribution in [0.1, 0.15) is 32.6 Å². The van der Waals surface area contributed by atoms with E-state index in [1.807, 2.05) is 6.07 Å². The van der Waals surface area contributed by atoms with Crippen LogP contribution in [0.25, 0.3) is 0 Å². The number of nitriles is 1. The van der Waals surface area contributed by atoms with Crippen LogP contribution < -0.4 is 0 Å². The number of hydrogen-bond donors (Lipinski definition) is 1. The molecule has 0 radical (unpaired) electrons. The zero-order valence-electron chi connectivity index (χ0n) is 9.15. The number of carbonyl (C=O) groups is 1. The van der Waals surface area contributed by atoms with Gasteiger partial charge in [0.1, 0.15) is 5.92 Å². The second kappa shape index (κ2) is 5.72. The molecule has 0 aromatic carbocycles. The van der Waals surface area contributed by atoms with Crippen LogP contribution in [-0.4, -0.2) is 35.1 Å². The highest BCUT2D eigenvalue weighted by molar-refractivity contribution is 5.81. The van der Waals surface area contributed by atoms with E-state index < -0.39 is 5.92 Å². The Bertz CT molecular complexity index is 258. The van der Waals surface area contributed by atoms with Gasteiger partial charge in [-0.2, -0.15) is 5.26 Å². The van der Waals surface area contributed by atoms with Crippen molar-refractivity contribution in [1.82, 2.24) is 4.90 Å². The monoisotopic (exact) mass is 210 g/mol. The summed E-state index contributed by atoms with van der Waals surface area (Å²) in [5, 5.41) is 17.6. The van der Waals surface area contributed by atoms with Gasteiger partial charge in [0, 0.05) is 19.2 Å². The molecule has 2 atom stereocenters. The Morgan fingerprint density at radius 2 is 2.40 bits per heavy atom. The molecule has 0 saturated carbocycles. The molecule has 4 nitrogen and oxygen atoms in total. The molecule has 1 aliphatic rings. The van der Waals surface area contributed by atoms with Crippen LogP contribution >= 0.6 is 0 Å². The van der Waals surface area contributed by atoms with Gasteiger partial charge in [-0.3, -0.25) is 4.79 Å². The second-order valence-corrected chi connectivity index (χ2v) is 4.04. The highest BCUT2D eigenvalue weighted by Crippen LogP contribution is 2.21. The van der Waals surface area contributed by atoms with Crippen LogP contribution in [0.2, 0.25) is 0 Å². The van der Waals surface area contributed by atoms with Crippen molar-refractivity contribution < 1.29 is 9.90 Å². The predicted octanol–water partition coefficient (Wildman–Crippen LogP) is 0.910. The lowest BCUT2D eigenvalue weighted by molar-refractivity contribution is -0.137. The van der Waals surface area contributed by atoms with Crippen molar-refractivity contribution in [2.75, 3.05) is 13.2 Å². The highest BCUT2D eigenvalue weighted by atomic mass is 16.3. The Balaban J connectivity index is 2.63. The van der Waals surface area contributed by atoms with Crippen LogP contribution in [0.5, 0.6) is 0 Å². The molecule has 1 heterocycles. The number of aliphatic hydroxyl groups excluding tert-OH is 1. The van der Waals surface area contributed by atoms with Crippen molar-refractivity contribution in [3.05, 3.63) is 0 Å². The number of likely N-dealkylation sites (tertiary alicyclic amines) is 1. The predicted molar refractivity (Wildman–Crippen MR) is 55.8 cm³/mol. The van der Waals surface area contributed by atoms with Crippen LogP contribution in [0.3, 0.4) is 0 Å². The summed E-state index contributed by atoms with van der Waals surface area (Å²) in [6.45, 7) is 2.47. The minimum absolute atomic E-state index is 0.0874. The average molecular weight is 210 g/mol. The molecule has 1 amide bonds. The molecule has 15 heavy (non-hydrogen) atoms. The number of piperidine rings is 1. The first-order valence-electron chi connectivity index (χ1n) is 5.51. The molecule has 0 aromatic heterocycles. The summed E-state index contributed by atoms with van der Waals surface area (Å²) in [5.41, 5.74) is 0. The number of nitrogens with zero attached hydrogens (tertiary/aromatic N) is 2. The van der Waals surface area contributed by atoms with Gasteiger partial charge in [0.05, 0.1) is 6.07 Å². The summed E-state index contributed by atoms with van der Waals surface area (Å²) in [7, 11) is 0. The molecule has 2 unspecified atom stereocenters. The number of hydrogen-bond acceptors (Lipinski definition) is 3. The Hall–Kier alpha value is -1.08. The fourth-order valence-corrected chi connectivity index (χ4v) is 2.04. The smallest absolute Gasteiger partial charge is 0.239 e. The van der Waals surface area contributed by atoms with Crippen LogP contribution in [0.15, 0.2) is 0 Å². The van der Waals surface area contributed by atoms with E-state index in [0.717, 1.165) is 25.8 Å². The fraction of sp³-hybridized carbons (Fsp3) is 0.818. The zero-order valence-corrected chi connectivity index (χ0v) is 9.15. The van der Waals surface area contributed by atoms with Crippen molar-refractivity contribution in [2.45, 2.75) is 38.6 Å². The number of carbonyl (C=O) groups excluding carboxylic acids is 1. The van der Waals surface area contributed by atoms with Gasteiger partial charge in [0.25, 0.3) is 0 Å². The van der Waals surface area contributed by atoms with Gasteiger partial charge >= 0.3 is 0 Å². The van der Waals surface area contributed by atoms with Gasteiger partial charge in [-0.15, -0.1) is 0 Å². The van der Waals surface area contributed by atoms with Crippen molar-refractivity contribution in [1.29, 1.82) is 5.26 Å². The van der Waals surface area contributed by atoms with E-state index in [0.29, 0.717) is 6.42 Å². The Labute approximate surface area is 90.5 Å². The number of aliphatic hydroxyl groups is 1. The van der Waals surface area contributed by atoms with E-state index in [1.54, 1.807) is 11.8 Å². The molecule has 0 bridgehead atoms. The normalized spacial score (nSPS) is 23.3. The van der Waals surface area contributed by atoms with Crippen LogP contribution in [0.4, 0.5) is 0 Å². The molecular formula is C11H18N2O2. The highest BCUT2D eigenvalue weighted by Gasteiger charge is 2.28. The minimum Gasteiger partial charge on any atom is -0.396 e.